The molecule has 114 valence electrons. The predicted molar refractivity (Wildman–Crippen MR) is 84.6 cm³/mol. The third kappa shape index (κ3) is 3.09. The summed E-state index contributed by atoms with van der Waals surface area (Å²) in [4.78, 5) is 13.9. The number of carboxylic acids is 1. The van der Waals surface area contributed by atoms with Crippen LogP contribution >= 0.6 is 11.3 Å². The van der Waals surface area contributed by atoms with Gasteiger partial charge in [-0.1, -0.05) is 19.9 Å². The lowest BCUT2D eigenvalue weighted by atomic mass is 10.1. The van der Waals surface area contributed by atoms with Crippen LogP contribution in [0.2, 0.25) is 0 Å². The lowest BCUT2D eigenvalue weighted by molar-refractivity contribution is 0.0699. The molecule has 0 spiro atoms. The second kappa shape index (κ2) is 6.54. The van der Waals surface area contributed by atoms with Gasteiger partial charge in [0.1, 0.15) is 10.7 Å². The fourth-order valence-corrected chi connectivity index (χ4v) is 3.60. The standard InChI is InChI=1S/C16H20FNO2S/c1-4-10(3)18(5-2)9-11-14-12(17)7-6-8-13(14)21-15(11)16(19)20/h6-8,10H,4-5,9H2,1-3H3,(H,19,20). The predicted octanol–water partition coefficient (Wildman–Crippen LogP) is 4.36. The number of carboxylic acid groups (broad SMARTS) is 1. The highest BCUT2D eigenvalue weighted by Gasteiger charge is 2.23. The minimum absolute atomic E-state index is 0.247. The summed E-state index contributed by atoms with van der Waals surface area (Å²) in [6.45, 7) is 7.51. The van der Waals surface area contributed by atoms with Crippen molar-refractivity contribution in [1.82, 2.24) is 4.90 Å². The summed E-state index contributed by atoms with van der Waals surface area (Å²) in [5.74, 6) is -1.32. The molecule has 21 heavy (non-hydrogen) atoms. The summed E-state index contributed by atoms with van der Waals surface area (Å²) in [6, 6.07) is 5.12. The summed E-state index contributed by atoms with van der Waals surface area (Å²) in [6.07, 6.45) is 0.973. The molecule has 0 aliphatic carbocycles. The molecule has 2 aromatic rings. The largest absolute Gasteiger partial charge is 0.477 e. The Morgan fingerprint density at radius 2 is 2.14 bits per heavy atom. The Kier molecular flexibility index (Phi) is 4.96. The fraction of sp³-hybridized carbons (Fsp3) is 0.438. The van der Waals surface area contributed by atoms with Gasteiger partial charge in [0.05, 0.1) is 0 Å². The molecule has 2 rings (SSSR count). The summed E-state index contributed by atoms with van der Waals surface area (Å²) in [5.41, 5.74) is 0.600. The topological polar surface area (TPSA) is 40.5 Å². The van der Waals surface area contributed by atoms with E-state index < -0.39 is 5.97 Å². The number of rotatable bonds is 6. The summed E-state index contributed by atoms with van der Waals surface area (Å²) < 4.78 is 14.9. The molecule has 0 aliphatic rings. The highest BCUT2D eigenvalue weighted by atomic mass is 32.1. The highest BCUT2D eigenvalue weighted by molar-refractivity contribution is 7.21. The Labute approximate surface area is 128 Å². The molecule has 1 N–H and O–H groups in total. The van der Waals surface area contributed by atoms with Gasteiger partial charge in [-0.05, 0) is 32.0 Å². The quantitative estimate of drug-likeness (QED) is 0.862. The third-order valence-corrected chi connectivity index (χ3v) is 5.12. The van der Waals surface area contributed by atoms with Crippen molar-refractivity contribution in [1.29, 1.82) is 0 Å². The zero-order valence-electron chi connectivity index (χ0n) is 12.5. The van der Waals surface area contributed by atoms with E-state index in [2.05, 4.69) is 18.7 Å². The van der Waals surface area contributed by atoms with E-state index >= 15 is 0 Å². The van der Waals surface area contributed by atoms with Crippen molar-refractivity contribution in [2.75, 3.05) is 6.54 Å². The zero-order chi connectivity index (χ0) is 15.6. The van der Waals surface area contributed by atoms with Crippen LogP contribution in [0.3, 0.4) is 0 Å². The maximum atomic E-state index is 14.2. The van der Waals surface area contributed by atoms with Gasteiger partial charge in [0, 0.05) is 28.2 Å². The van der Waals surface area contributed by atoms with Crippen molar-refractivity contribution in [2.45, 2.75) is 39.8 Å². The second-order valence-electron chi connectivity index (χ2n) is 5.15. The number of benzene rings is 1. The molecule has 0 aliphatic heterocycles. The van der Waals surface area contributed by atoms with E-state index in [1.54, 1.807) is 12.1 Å². The molecule has 0 saturated heterocycles. The van der Waals surface area contributed by atoms with Gasteiger partial charge in [-0.15, -0.1) is 11.3 Å². The van der Waals surface area contributed by atoms with Gasteiger partial charge in [0.15, 0.2) is 0 Å². The average Bonchev–Trinajstić information content (AvgIpc) is 2.84. The lowest BCUT2D eigenvalue weighted by Crippen LogP contribution is -2.32. The first kappa shape index (κ1) is 15.9. The first-order valence-corrected chi connectivity index (χ1v) is 7.98. The van der Waals surface area contributed by atoms with Crippen LogP contribution in [-0.4, -0.2) is 28.6 Å². The van der Waals surface area contributed by atoms with E-state index in [1.165, 1.54) is 6.07 Å². The maximum Gasteiger partial charge on any atom is 0.346 e. The zero-order valence-corrected chi connectivity index (χ0v) is 13.3. The smallest absolute Gasteiger partial charge is 0.346 e. The first-order chi connectivity index (χ1) is 9.99. The maximum absolute atomic E-state index is 14.2. The Morgan fingerprint density at radius 3 is 2.71 bits per heavy atom. The molecule has 1 aromatic carbocycles. The summed E-state index contributed by atoms with van der Waals surface area (Å²) in [5, 5.41) is 9.87. The molecular formula is C16H20FNO2S. The Balaban J connectivity index is 2.54. The average molecular weight is 309 g/mol. The van der Waals surface area contributed by atoms with E-state index in [9.17, 15) is 14.3 Å². The van der Waals surface area contributed by atoms with E-state index in [1.807, 2.05) is 6.92 Å². The van der Waals surface area contributed by atoms with Crippen LogP contribution in [0.4, 0.5) is 4.39 Å². The normalized spacial score (nSPS) is 13.0. The monoisotopic (exact) mass is 309 g/mol. The van der Waals surface area contributed by atoms with E-state index in [0.29, 0.717) is 28.2 Å². The van der Waals surface area contributed by atoms with Crippen LogP contribution in [0, 0.1) is 5.82 Å². The minimum Gasteiger partial charge on any atom is -0.477 e. The molecule has 0 fully saturated rings. The van der Waals surface area contributed by atoms with E-state index in [-0.39, 0.29) is 10.7 Å². The Hall–Kier alpha value is -1.46. The number of thiophene rings is 1. The molecule has 1 atom stereocenters. The molecular weight excluding hydrogens is 289 g/mol. The van der Waals surface area contributed by atoms with Crippen molar-refractivity contribution in [3.63, 3.8) is 0 Å². The van der Waals surface area contributed by atoms with Crippen LogP contribution in [0.25, 0.3) is 10.1 Å². The van der Waals surface area contributed by atoms with Crippen molar-refractivity contribution in [2.24, 2.45) is 0 Å². The van der Waals surface area contributed by atoms with Crippen molar-refractivity contribution in [3.8, 4) is 0 Å². The molecule has 0 bridgehead atoms. The van der Waals surface area contributed by atoms with Crippen molar-refractivity contribution >= 4 is 27.4 Å². The van der Waals surface area contributed by atoms with Crippen molar-refractivity contribution < 1.29 is 14.3 Å². The lowest BCUT2D eigenvalue weighted by Gasteiger charge is -2.27. The number of hydrogen-bond acceptors (Lipinski definition) is 3. The van der Waals surface area contributed by atoms with Crippen LogP contribution in [0.1, 0.15) is 42.4 Å². The van der Waals surface area contributed by atoms with E-state index in [4.69, 9.17) is 0 Å². The molecule has 5 heteroatoms. The number of carbonyl (C=O) groups is 1. The van der Waals surface area contributed by atoms with Gasteiger partial charge in [-0.3, -0.25) is 4.90 Å². The number of hydrogen-bond donors (Lipinski definition) is 1. The minimum atomic E-state index is -0.981. The summed E-state index contributed by atoms with van der Waals surface area (Å²) in [7, 11) is 0. The Bertz CT molecular complexity index is 653. The number of aromatic carboxylic acids is 1. The summed E-state index contributed by atoms with van der Waals surface area (Å²) >= 11 is 1.15. The molecule has 1 heterocycles. The SMILES string of the molecule is CCC(C)N(CC)Cc1c(C(=O)O)sc2cccc(F)c12. The van der Waals surface area contributed by atoms with Gasteiger partial charge in [0.2, 0.25) is 0 Å². The molecule has 0 saturated carbocycles. The molecule has 1 aromatic heterocycles. The van der Waals surface area contributed by atoms with Gasteiger partial charge in [-0.25, -0.2) is 9.18 Å². The first-order valence-electron chi connectivity index (χ1n) is 7.16. The fourth-order valence-electron chi connectivity index (χ4n) is 2.53. The van der Waals surface area contributed by atoms with Gasteiger partial charge < -0.3 is 5.11 Å². The molecule has 1 unspecified atom stereocenters. The van der Waals surface area contributed by atoms with E-state index in [0.717, 1.165) is 24.3 Å². The molecule has 0 radical (unpaired) electrons. The van der Waals surface area contributed by atoms with Gasteiger partial charge in [0.25, 0.3) is 0 Å². The molecule has 3 nitrogen and oxygen atoms in total. The Morgan fingerprint density at radius 1 is 1.43 bits per heavy atom. The number of nitrogens with zero attached hydrogens (tertiary/aromatic N) is 1. The van der Waals surface area contributed by atoms with Crippen LogP contribution in [-0.2, 0) is 6.54 Å². The van der Waals surface area contributed by atoms with Crippen LogP contribution < -0.4 is 0 Å². The molecule has 0 amide bonds. The van der Waals surface area contributed by atoms with Crippen molar-refractivity contribution in [3.05, 3.63) is 34.5 Å². The van der Waals surface area contributed by atoms with Gasteiger partial charge in [-0.2, -0.15) is 0 Å². The van der Waals surface area contributed by atoms with Gasteiger partial charge >= 0.3 is 5.97 Å². The number of fused-ring (bicyclic) bond motifs is 1. The van der Waals surface area contributed by atoms with Crippen LogP contribution in [0.5, 0.6) is 0 Å². The van der Waals surface area contributed by atoms with Crippen LogP contribution in [0.15, 0.2) is 18.2 Å². The third-order valence-electron chi connectivity index (χ3n) is 3.94. The second-order valence-corrected chi connectivity index (χ2v) is 6.20. The number of halogens is 1. The highest BCUT2D eigenvalue weighted by Crippen LogP contribution is 2.34.